The van der Waals surface area contributed by atoms with Crippen molar-refractivity contribution in [1.29, 1.82) is 0 Å². The molecule has 3 rings (SSSR count). The van der Waals surface area contributed by atoms with Crippen LogP contribution in [0.4, 0.5) is 5.69 Å². The first-order valence-electron chi connectivity index (χ1n) is 8.08. The summed E-state index contributed by atoms with van der Waals surface area (Å²) in [5, 5.41) is 0.521. The molecule has 2 aromatic rings. The van der Waals surface area contributed by atoms with Crippen LogP contribution in [0.25, 0.3) is 0 Å². The van der Waals surface area contributed by atoms with Crippen LogP contribution >= 0.6 is 11.6 Å². The fraction of sp³-hybridized carbons (Fsp3) is 0.333. The van der Waals surface area contributed by atoms with Crippen molar-refractivity contribution in [3.05, 3.63) is 58.6 Å². The third-order valence-corrected chi connectivity index (χ3v) is 6.29. The van der Waals surface area contributed by atoms with E-state index in [2.05, 4.69) is 10.2 Å². The Hall–Kier alpha value is -1.60. The van der Waals surface area contributed by atoms with Gasteiger partial charge in [-0.3, -0.25) is 9.56 Å². The van der Waals surface area contributed by atoms with Gasteiger partial charge in [-0.25, -0.2) is 8.42 Å². The van der Waals surface area contributed by atoms with E-state index >= 15 is 0 Å². The molecule has 0 spiro atoms. The van der Waals surface area contributed by atoms with E-state index in [1.165, 1.54) is 0 Å². The molecule has 0 amide bonds. The quantitative estimate of drug-likeness (QED) is 0.845. The van der Waals surface area contributed by atoms with Crippen molar-refractivity contribution in [1.82, 2.24) is 5.48 Å². The van der Waals surface area contributed by atoms with Crippen molar-refractivity contribution < 1.29 is 13.3 Å². The Balaban J connectivity index is 1.82. The lowest BCUT2D eigenvalue weighted by Gasteiger charge is -2.17. The van der Waals surface area contributed by atoms with Crippen LogP contribution in [0.15, 0.2) is 47.4 Å². The van der Waals surface area contributed by atoms with Crippen LogP contribution in [-0.2, 0) is 14.9 Å². The Morgan fingerprint density at radius 3 is 2.36 bits per heavy atom. The van der Waals surface area contributed by atoms with Gasteiger partial charge in [-0.1, -0.05) is 29.8 Å². The summed E-state index contributed by atoms with van der Waals surface area (Å²) in [5.41, 5.74) is 5.34. The van der Waals surface area contributed by atoms with Crippen molar-refractivity contribution in [2.75, 3.05) is 4.72 Å². The minimum Gasteiger partial charge on any atom is -0.298 e. The molecule has 0 saturated carbocycles. The number of halogens is 1. The molecular weight excluding hydrogens is 360 g/mol. The maximum absolute atomic E-state index is 12.6. The molecule has 7 heteroatoms. The molecule has 2 aromatic carbocycles. The normalized spacial score (nSPS) is 23.6. The monoisotopic (exact) mass is 380 g/mol. The van der Waals surface area contributed by atoms with E-state index in [1.807, 2.05) is 32.9 Å². The Morgan fingerprint density at radius 2 is 1.80 bits per heavy atom. The summed E-state index contributed by atoms with van der Waals surface area (Å²) in [4.78, 5) is 5.64. The van der Waals surface area contributed by atoms with Gasteiger partial charge < -0.3 is 0 Å². The van der Waals surface area contributed by atoms with Gasteiger partial charge in [0, 0.05) is 17.0 Å². The van der Waals surface area contributed by atoms with E-state index in [9.17, 15) is 8.42 Å². The number of hydrogen-bond donors (Lipinski definition) is 2. The van der Waals surface area contributed by atoms with Crippen LogP contribution < -0.4 is 10.2 Å². The lowest BCUT2D eigenvalue weighted by molar-refractivity contribution is 0.0354. The largest absolute Gasteiger partial charge is 0.298 e. The molecule has 0 radical (unpaired) electrons. The summed E-state index contributed by atoms with van der Waals surface area (Å²) in [6.07, 6.45) is 0.0327. The summed E-state index contributed by atoms with van der Waals surface area (Å²) in [6.45, 7) is 5.90. The Bertz CT molecular complexity index is 858. The lowest BCUT2D eigenvalue weighted by atomic mass is 9.90. The van der Waals surface area contributed by atoms with Gasteiger partial charge >= 0.3 is 0 Å². The second-order valence-corrected chi connectivity index (χ2v) is 8.48. The number of anilines is 1. The summed E-state index contributed by atoms with van der Waals surface area (Å²) in [5.74, 6) is 0.181. The fourth-order valence-corrected chi connectivity index (χ4v) is 4.30. The van der Waals surface area contributed by atoms with Crippen LogP contribution in [0, 0.1) is 6.92 Å². The van der Waals surface area contributed by atoms with Crippen LogP contribution in [0.1, 0.15) is 30.9 Å². The van der Waals surface area contributed by atoms with Crippen molar-refractivity contribution in [3.63, 3.8) is 0 Å². The zero-order valence-corrected chi connectivity index (χ0v) is 15.9. The van der Waals surface area contributed by atoms with Crippen LogP contribution in [0.5, 0.6) is 0 Å². The Kier molecular flexibility index (Phi) is 5.06. The minimum absolute atomic E-state index is 0.0327. The number of hydrogen-bond acceptors (Lipinski definition) is 4. The SMILES string of the molecule is Cc1ccc(NS(=O)(=O)c2ccc(C3C(C)NOC3C)cc2)cc1Cl. The summed E-state index contributed by atoms with van der Waals surface area (Å²) >= 11 is 6.06. The molecule has 5 nitrogen and oxygen atoms in total. The molecule has 2 N–H and O–H groups in total. The maximum atomic E-state index is 12.6. The highest BCUT2D eigenvalue weighted by Crippen LogP contribution is 2.31. The Labute approximate surface area is 153 Å². The van der Waals surface area contributed by atoms with Crippen molar-refractivity contribution >= 4 is 27.3 Å². The first-order chi connectivity index (χ1) is 11.8. The van der Waals surface area contributed by atoms with Gasteiger partial charge in [-0.05, 0) is 56.2 Å². The van der Waals surface area contributed by atoms with E-state index in [4.69, 9.17) is 16.4 Å². The van der Waals surface area contributed by atoms with E-state index in [-0.39, 0.29) is 23.0 Å². The molecule has 3 unspecified atom stereocenters. The van der Waals surface area contributed by atoms with Gasteiger partial charge in [0.2, 0.25) is 0 Å². The lowest BCUT2D eigenvalue weighted by Crippen LogP contribution is -2.22. The molecule has 1 saturated heterocycles. The summed E-state index contributed by atoms with van der Waals surface area (Å²) in [7, 11) is -3.67. The molecule has 1 aliphatic rings. The molecule has 25 heavy (non-hydrogen) atoms. The fourth-order valence-electron chi connectivity index (χ4n) is 3.07. The highest BCUT2D eigenvalue weighted by Gasteiger charge is 2.32. The standard InChI is InChI=1S/C18H21ClN2O3S/c1-11-4-7-15(10-17(11)19)21-25(22,23)16-8-5-14(6-9-16)18-12(2)20-24-13(18)3/h4-10,12-13,18,20-21H,1-3H3. The topological polar surface area (TPSA) is 67.4 Å². The van der Waals surface area contributed by atoms with E-state index < -0.39 is 10.0 Å². The highest BCUT2D eigenvalue weighted by molar-refractivity contribution is 7.92. The highest BCUT2D eigenvalue weighted by atomic mass is 35.5. The maximum Gasteiger partial charge on any atom is 0.261 e. The molecule has 0 aromatic heterocycles. The molecule has 134 valence electrons. The number of nitrogens with one attached hydrogen (secondary N) is 2. The van der Waals surface area contributed by atoms with E-state index in [0.29, 0.717) is 10.7 Å². The van der Waals surface area contributed by atoms with E-state index in [0.717, 1.165) is 11.1 Å². The number of benzene rings is 2. The summed E-state index contributed by atoms with van der Waals surface area (Å²) in [6, 6.07) is 12.2. The third-order valence-electron chi connectivity index (χ3n) is 4.48. The predicted molar refractivity (Wildman–Crippen MR) is 99.3 cm³/mol. The average molecular weight is 381 g/mol. The molecule has 1 aliphatic heterocycles. The molecule has 0 bridgehead atoms. The van der Waals surface area contributed by atoms with Gasteiger partial charge in [-0.15, -0.1) is 0 Å². The van der Waals surface area contributed by atoms with Gasteiger partial charge in [0.1, 0.15) is 0 Å². The second kappa shape index (κ2) is 6.96. The van der Waals surface area contributed by atoms with Crippen LogP contribution in [0.2, 0.25) is 5.02 Å². The Morgan fingerprint density at radius 1 is 1.12 bits per heavy atom. The van der Waals surface area contributed by atoms with E-state index in [1.54, 1.807) is 30.3 Å². The van der Waals surface area contributed by atoms with Crippen molar-refractivity contribution in [2.24, 2.45) is 0 Å². The summed E-state index contributed by atoms with van der Waals surface area (Å²) < 4.78 is 27.7. The zero-order valence-electron chi connectivity index (χ0n) is 14.3. The number of hydroxylamine groups is 1. The molecule has 0 aliphatic carbocycles. The van der Waals surface area contributed by atoms with Gasteiger partial charge in [0.15, 0.2) is 0 Å². The average Bonchev–Trinajstić information content (AvgIpc) is 2.90. The minimum atomic E-state index is -3.67. The second-order valence-electron chi connectivity index (χ2n) is 6.39. The molecule has 1 heterocycles. The first kappa shape index (κ1) is 18.2. The molecule has 1 fully saturated rings. The third kappa shape index (κ3) is 3.82. The van der Waals surface area contributed by atoms with Crippen molar-refractivity contribution in [2.45, 2.75) is 43.7 Å². The van der Waals surface area contributed by atoms with Crippen molar-refractivity contribution in [3.8, 4) is 0 Å². The van der Waals surface area contributed by atoms with Crippen LogP contribution in [0.3, 0.4) is 0 Å². The molecule has 3 atom stereocenters. The van der Waals surface area contributed by atoms with Gasteiger partial charge in [0.05, 0.1) is 16.7 Å². The van der Waals surface area contributed by atoms with Crippen LogP contribution in [-0.4, -0.2) is 20.6 Å². The number of sulfonamides is 1. The zero-order chi connectivity index (χ0) is 18.2. The molecular formula is C18H21ClN2O3S. The van der Waals surface area contributed by atoms with Gasteiger partial charge in [0.25, 0.3) is 10.0 Å². The smallest absolute Gasteiger partial charge is 0.261 e. The predicted octanol–water partition coefficient (Wildman–Crippen LogP) is 3.84. The number of rotatable bonds is 4. The number of aryl methyl sites for hydroxylation is 1. The first-order valence-corrected chi connectivity index (χ1v) is 9.94. The van der Waals surface area contributed by atoms with Gasteiger partial charge in [-0.2, -0.15) is 5.48 Å².